The van der Waals surface area contributed by atoms with Crippen molar-refractivity contribution in [2.75, 3.05) is 26.9 Å². The molecule has 4 aliphatic rings. The molecule has 7 rings (SSSR count). The first-order chi connectivity index (χ1) is 26.1. The Kier molecular flexibility index (Phi) is 11.0. The van der Waals surface area contributed by atoms with Gasteiger partial charge in [-0.25, -0.2) is 4.68 Å². The van der Waals surface area contributed by atoms with Crippen molar-refractivity contribution < 1.29 is 38.5 Å². The smallest absolute Gasteiger partial charge is 0.313 e. The molecule has 9 atom stereocenters. The molecule has 0 radical (unpaired) electrons. The van der Waals surface area contributed by atoms with Gasteiger partial charge in [0.15, 0.2) is 0 Å². The third-order valence-electron chi connectivity index (χ3n) is 11.2. The lowest BCUT2D eigenvalue weighted by atomic mass is 9.74. The number of aromatic nitrogens is 3. The van der Waals surface area contributed by atoms with Crippen LogP contribution in [0.3, 0.4) is 0 Å². The van der Waals surface area contributed by atoms with Gasteiger partial charge in [-0.05, 0) is 36.1 Å². The molecule has 1 aromatic heterocycles. The van der Waals surface area contributed by atoms with Crippen LogP contribution in [0.25, 0.3) is 11.0 Å². The summed E-state index contributed by atoms with van der Waals surface area (Å²) < 4.78 is 20.7. The Morgan fingerprint density at radius 1 is 1.06 bits per heavy atom. The number of carbonyl (C=O) groups is 4. The number of fused-ring (bicyclic) bond motifs is 3. The second kappa shape index (κ2) is 15.7. The summed E-state index contributed by atoms with van der Waals surface area (Å²) in [5.74, 6) is -4.42. The largest absolute Gasteiger partial charge is 0.455 e. The third-order valence-corrected chi connectivity index (χ3v) is 11.9. The van der Waals surface area contributed by atoms with Gasteiger partial charge in [-0.15, -0.1) is 5.10 Å². The van der Waals surface area contributed by atoms with Gasteiger partial charge in [-0.1, -0.05) is 96.0 Å². The van der Waals surface area contributed by atoms with Crippen LogP contribution in [0, 0.1) is 17.8 Å². The van der Waals surface area contributed by atoms with Gasteiger partial charge in [0.05, 0.1) is 36.7 Å². The summed E-state index contributed by atoms with van der Waals surface area (Å²) in [6.45, 7) is 3.60. The van der Waals surface area contributed by atoms with E-state index in [4.69, 9.17) is 14.2 Å². The van der Waals surface area contributed by atoms with E-state index >= 15 is 4.79 Å². The molecule has 2 N–H and O–H groups in total. The molecule has 15 heteroatoms. The highest BCUT2D eigenvalue weighted by atomic mass is 79.9. The summed E-state index contributed by atoms with van der Waals surface area (Å²) in [5.41, 5.74) is 0.419. The topological polar surface area (TPSA) is 165 Å². The summed E-state index contributed by atoms with van der Waals surface area (Å²) in [7, 11) is 1.50. The van der Waals surface area contributed by atoms with E-state index < -0.39 is 72.2 Å². The molecule has 0 saturated carbocycles. The number of likely N-dealkylation sites (tertiary alicyclic amines) is 1. The zero-order chi connectivity index (χ0) is 38.1. The second-order valence-electron chi connectivity index (χ2n) is 14.4. The van der Waals surface area contributed by atoms with Crippen LogP contribution in [0.1, 0.15) is 44.8 Å². The Labute approximate surface area is 321 Å². The predicted octanol–water partition coefficient (Wildman–Crippen LogP) is 3.26. The fourth-order valence-corrected chi connectivity index (χ4v) is 9.11. The summed E-state index contributed by atoms with van der Waals surface area (Å²) >= 11 is 3.62. The number of ether oxygens (including phenoxy) is 3. The molecule has 14 nitrogen and oxygen atoms in total. The minimum absolute atomic E-state index is 0.0200. The van der Waals surface area contributed by atoms with E-state index in [0.29, 0.717) is 33.9 Å². The number of allylic oxidation sites excluding steroid dienone is 1. The van der Waals surface area contributed by atoms with Crippen LogP contribution in [0.15, 0.2) is 77.3 Å². The van der Waals surface area contributed by atoms with Crippen LogP contribution >= 0.6 is 15.9 Å². The first-order valence-corrected chi connectivity index (χ1v) is 19.2. The second-order valence-corrected chi connectivity index (χ2v) is 15.3. The number of hydrogen-bond donors (Lipinski definition) is 2. The quantitative estimate of drug-likeness (QED) is 0.242. The van der Waals surface area contributed by atoms with Crippen LogP contribution in [-0.2, 0) is 40.1 Å². The minimum atomic E-state index is -1.56. The van der Waals surface area contributed by atoms with Crippen LogP contribution < -0.4 is 5.32 Å². The molecule has 2 saturated heterocycles. The maximum absolute atomic E-state index is 15.3. The normalized spacial score (nSPS) is 30.6. The highest BCUT2D eigenvalue weighted by molar-refractivity contribution is 9.11. The lowest BCUT2D eigenvalue weighted by molar-refractivity contribution is -0.163. The van der Waals surface area contributed by atoms with Crippen molar-refractivity contribution in [1.29, 1.82) is 0 Å². The van der Waals surface area contributed by atoms with Gasteiger partial charge >= 0.3 is 5.97 Å². The number of methoxy groups -OCH3 is 1. The molecule has 4 aliphatic heterocycles. The molecule has 5 heterocycles. The number of esters is 1. The fraction of sp³-hybridized carbons (Fsp3) is 0.487. The van der Waals surface area contributed by atoms with Crippen LogP contribution in [-0.4, -0.2) is 110 Å². The monoisotopic (exact) mass is 804 g/mol. The van der Waals surface area contributed by atoms with Gasteiger partial charge in [0.25, 0.3) is 5.91 Å². The molecule has 3 amide bonds. The van der Waals surface area contributed by atoms with Crippen molar-refractivity contribution >= 4 is 50.7 Å². The molecule has 0 aliphatic carbocycles. The Bertz CT molecular complexity index is 1950. The average Bonchev–Trinajstić information content (AvgIpc) is 3.90. The number of carbonyl (C=O) groups excluding carboxylic acids is 4. The van der Waals surface area contributed by atoms with Crippen molar-refractivity contribution in [3.63, 3.8) is 0 Å². The van der Waals surface area contributed by atoms with E-state index in [2.05, 4.69) is 31.6 Å². The number of para-hydroxylation sites is 1. The number of hydrogen-bond acceptors (Lipinski definition) is 10. The number of aliphatic hydroxyl groups excluding tert-OH is 1. The van der Waals surface area contributed by atoms with Gasteiger partial charge in [-0.3, -0.25) is 19.2 Å². The number of amides is 3. The first kappa shape index (κ1) is 37.9. The Hall–Kier alpha value is -4.44. The van der Waals surface area contributed by atoms with Crippen LogP contribution in [0.2, 0.25) is 0 Å². The maximum atomic E-state index is 15.3. The van der Waals surface area contributed by atoms with E-state index in [-0.39, 0.29) is 38.1 Å². The zero-order valence-electron chi connectivity index (χ0n) is 30.4. The molecule has 1 spiro atoms. The van der Waals surface area contributed by atoms with E-state index in [0.717, 1.165) is 0 Å². The highest BCUT2D eigenvalue weighted by Crippen LogP contribution is 2.59. The van der Waals surface area contributed by atoms with Gasteiger partial charge in [0, 0.05) is 24.6 Å². The minimum Gasteiger partial charge on any atom is -0.455 e. The molecule has 54 heavy (non-hydrogen) atoms. The number of benzene rings is 2. The van der Waals surface area contributed by atoms with Crippen LogP contribution in [0.5, 0.6) is 0 Å². The molecule has 2 fully saturated rings. The summed E-state index contributed by atoms with van der Waals surface area (Å²) in [4.78, 5) is 61.3. The van der Waals surface area contributed by atoms with E-state index in [9.17, 15) is 19.5 Å². The van der Waals surface area contributed by atoms with Crippen molar-refractivity contribution in [3.05, 3.63) is 82.9 Å². The van der Waals surface area contributed by atoms with Crippen molar-refractivity contribution in [2.24, 2.45) is 17.8 Å². The Morgan fingerprint density at radius 3 is 2.56 bits per heavy atom. The number of aliphatic hydroxyl groups is 1. The third kappa shape index (κ3) is 6.65. The number of cyclic esters (lactones) is 1. The predicted molar refractivity (Wildman–Crippen MR) is 199 cm³/mol. The number of halogens is 1. The number of nitrogens with zero attached hydrogens (tertiary/aromatic N) is 5. The standard InChI is InChI=1S/C39H45BrN6O8/c1-4-23(2)29(20-47)46-35-37(50)44(22-45-28-16-11-10-15-26(28)42-43-45)18-12-6-9-17-30(48)41-27(21-52-3)33(24-13-7-5-8-14-24)53-38(51)31-32(36(46)49)39(35)19-25(40)34(31)54-39/h5-8,10-16,19,23,27,29,31-35,47H,4,9,17-18,20-22H2,1-3H3,(H,41,48)/b12-6-/t23-,27+,29-,31-,32+,33+,34-,35-,39+/m0/s1. The molecule has 3 aromatic rings. The Morgan fingerprint density at radius 2 is 1.81 bits per heavy atom. The van der Waals surface area contributed by atoms with Crippen molar-refractivity contribution in [1.82, 2.24) is 30.1 Å². The van der Waals surface area contributed by atoms with Gasteiger partial charge in [0.1, 0.15) is 42.0 Å². The molecular weight excluding hydrogens is 760 g/mol. The molecule has 2 aromatic carbocycles. The van der Waals surface area contributed by atoms with Gasteiger partial charge in [0.2, 0.25) is 11.8 Å². The summed E-state index contributed by atoms with van der Waals surface area (Å²) in [6, 6.07) is 13.7. The van der Waals surface area contributed by atoms with Gasteiger partial charge < -0.3 is 34.4 Å². The molecular formula is C39H45BrN6O8. The lowest BCUT2D eigenvalue weighted by Crippen LogP contribution is -2.59. The Balaban J connectivity index is 1.36. The van der Waals surface area contributed by atoms with Gasteiger partial charge in [-0.2, -0.15) is 0 Å². The first-order valence-electron chi connectivity index (χ1n) is 18.4. The number of nitrogens with one attached hydrogen (secondary N) is 1. The van der Waals surface area contributed by atoms with E-state index in [1.807, 2.05) is 68.5 Å². The molecule has 286 valence electrons. The SMILES string of the molecule is CC[C@H](C)[C@H](CO)N1C(=O)[C@H]2[C@@H]3C(=O)O[C@H](c4ccccc4)[C@@H](COC)NC(=O)CC/C=C\CN(Cn4nnc5ccccc54)C(=O)[C@H]1[C@@]21C=C(Br)[C@@H]3O1. The zero-order valence-corrected chi connectivity index (χ0v) is 32.0. The van der Waals surface area contributed by atoms with E-state index in [1.165, 1.54) is 12.0 Å². The fourth-order valence-electron chi connectivity index (χ4n) is 8.38. The molecule has 5 bridgehead atoms. The number of rotatable bonds is 9. The summed E-state index contributed by atoms with van der Waals surface area (Å²) in [5, 5.41) is 22.5. The average molecular weight is 806 g/mol. The maximum Gasteiger partial charge on any atom is 0.313 e. The highest BCUT2D eigenvalue weighted by Gasteiger charge is 2.75. The molecule has 0 unspecified atom stereocenters. The summed E-state index contributed by atoms with van der Waals surface area (Å²) in [6.07, 6.45) is 4.59. The van der Waals surface area contributed by atoms with E-state index in [1.54, 1.807) is 27.8 Å². The van der Waals surface area contributed by atoms with Crippen molar-refractivity contribution in [2.45, 2.75) is 75.7 Å². The van der Waals surface area contributed by atoms with Crippen molar-refractivity contribution in [3.8, 4) is 0 Å². The lowest BCUT2D eigenvalue weighted by Gasteiger charge is -2.40. The van der Waals surface area contributed by atoms with Crippen LogP contribution in [0.4, 0.5) is 0 Å².